The van der Waals surface area contributed by atoms with Crippen LogP contribution in [0, 0.1) is 0 Å². The second-order valence-electron chi connectivity index (χ2n) is 4.96. The maximum atomic E-state index is 11.8. The zero-order valence-electron chi connectivity index (χ0n) is 10.1. The molecule has 0 atom stereocenters. The van der Waals surface area contributed by atoms with Crippen LogP contribution in [-0.4, -0.2) is 16.4 Å². The summed E-state index contributed by atoms with van der Waals surface area (Å²) < 4.78 is 0. The van der Waals surface area contributed by atoms with Gasteiger partial charge in [0.05, 0.1) is 5.69 Å². The van der Waals surface area contributed by atoms with Crippen molar-refractivity contribution in [3.05, 3.63) is 30.5 Å². The summed E-state index contributed by atoms with van der Waals surface area (Å²) in [4.78, 5) is 14.9. The zero-order chi connectivity index (χ0) is 12.5. The predicted octanol–water partition coefficient (Wildman–Crippen LogP) is 2.23. The molecule has 0 fully saturated rings. The van der Waals surface area contributed by atoms with E-state index in [1.807, 2.05) is 38.1 Å². The second-order valence-corrected chi connectivity index (χ2v) is 4.96. The summed E-state index contributed by atoms with van der Waals surface area (Å²) in [5.41, 5.74) is 7.13. The van der Waals surface area contributed by atoms with Gasteiger partial charge in [-0.3, -0.25) is 4.79 Å². The molecule has 0 spiro atoms. The summed E-state index contributed by atoms with van der Waals surface area (Å²) in [7, 11) is 0. The number of fused-ring (bicyclic) bond motifs is 1. The monoisotopic (exact) mass is 231 g/mol. The molecular formula is C13H17N3O. The topological polar surface area (TPSA) is 70.9 Å². The number of benzene rings is 1. The Balaban J connectivity index is 2.16. The SMILES string of the molecule is CC(C)(N)CC(=O)Nc1c[nH]c2ccccc12. The lowest BCUT2D eigenvalue weighted by Gasteiger charge is -2.17. The average Bonchev–Trinajstić information content (AvgIpc) is 2.59. The molecule has 0 aliphatic carbocycles. The third-order valence-electron chi connectivity index (χ3n) is 2.48. The van der Waals surface area contributed by atoms with Gasteiger partial charge >= 0.3 is 0 Å². The van der Waals surface area contributed by atoms with Crippen LogP contribution in [-0.2, 0) is 4.79 Å². The number of aromatic nitrogens is 1. The van der Waals surface area contributed by atoms with Crippen molar-refractivity contribution in [1.29, 1.82) is 0 Å². The number of amides is 1. The Morgan fingerprint density at radius 1 is 1.41 bits per heavy atom. The lowest BCUT2D eigenvalue weighted by Crippen LogP contribution is -2.36. The fourth-order valence-electron chi connectivity index (χ4n) is 1.78. The van der Waals surface area contributed by atoms with Crippen molar-refractivity contribution in [1.82, 2.24) is 4.98 Å². The van der Waals surface area contributed by atoms with Gasteiger partial charge in [0, 0.05) is 29.1 Å². The molecule has 0 aliphatic rings. The molecular weight excluding hydrogens is 214 g/mol. The molecule has 0 aliphatic heterocycles. The van der Waals surface area contributed by atoms with Gasteiger partial charge in [-0.25, -0.2) is 0 Å². The summed E-state index contributed by atoms with van der Waals surface area (Å²) in [5.74, 6) is -0.0674. The van der Waals surface area contributed by atoms with Gasteiger partial charge in [-0.15, -0.1) is 0 Å². The summed E-state index contributed by atoms with van der Waals surface area (Å²) in [6.45, 7) is 3.67. The summed E-state index contributed by atoms with van der Waals surface area (Å²) in [5, 5.41) is 3.88. The Morgan fingerprint density at radius 2 is 2.12 bits per heavy atom. The molecule has 1 aromatic carbocycles. The standard InChI is InChI=1S/C13H17N3O/c1-13(2,14)7-12(17)16-11-8-15-10-6-4-3-5-9(10)11/h3-6,8,15H,7,14H2,1-2H3,(H,16,17). The van der Waals surface area contributed by atoms with Gasteiger partial charge in [-0.2, -0.15) is 0 Å². The fraction of sp³-hybridized carbons (Fsp3) is 0.308. The number of H-pyrrole nitrogens is 1. The molecule has 4 nitrogen and oxygen atoms in total. The maximum Gasteiger partial charge on any atom is 0.226 e. The molecule has 2 aromatic rings. The number of anilines is 1. The highest BCUT2D eigenvalue weighted by molar-refractivity contribution is 6.01. The fourth-order valence-corrected chi connectivity index (χ4v) is 1.78. The molecule has 4 heteroatoms. The number of nitrogens with two attached hydrogens (primary N) is 1. The number of hydrogen-bond acceptors (Lipinski definition) is 2. The highest BCUT2D eigenvalue weighted by atomic mass is 16.1. The van der Waals surface area contributed by atoms with Crippen molar-refractivity contribution in [2.45, 2.75) is 25.8 Å². The van der Waals surface area contributed by atoms with E-state index in [-0.39, 0.29) is 5.91 Å². The smallest absolute Gasteiger partial charge is 0.226 e. The van der Waals surface area contributed by atoms with Crippen molar-refractivity contribution < 1.29 is 4.79 Å². The minimum atomic E-state index is -0.490. The van der Waals surface area contributed by atoms with Crippen LogP contribution < -0.4 is 11.1 Å². The van der Waals surface area contributed by atoms with Gasteiger partial charge in [0.2, 0.25) is 5.91 Å². The highest BCUT2D eigenvalue weighted by Gasteiger charge is 2.17. The zero-order valence-corrected chi connectivity index (χ0v) is 10.1. The van der Waals surface area contributed by atoms with Gasteiger partial charge in [0.1, 0.15) is 0 Å². The minimum absolute atomic E-state index is 0.0674. The Kier molecular flexibility index (Phi) is 2.90. The predicted molar refractivity (Wildman–Crippen MR) is 69.8 cm³/mol. The number of aromatic amines is 1. The quantitative estimate of drug-likeness (QED) is 0.758. The van der Waals surface area contributed by atoms with Gasteiger partial charge < -0.3 is 16.0 Å². The number of hydrogen-bond donors (Lipinski definition) is 3. The van der Waals surface area contributed by atoms with E-state index in [0.717, 1.165) is 16.6 Å². The summed E-state index contributed by atoms with van der Waals surface area (Å²) in [6, 6.07) is 7.83. The van der Waals surface area contributed by atoms with E-state index < -0.39 is 5.54 Å². The molecule has 0 unspecified atom stereocenters. The van der Waals surface area contributed by atoms with Crippen molar-refractivity contribution in [2.75, 3.05) is 5.32 Å². The van der Waals surface area contributed by atoms with Crippen LogP contribution in [0.4, 0.5) is 5.69 Å². The number of para-hydroxylation sites is 1. The van der Waals surface area contributed by atoms with Gasteiger partial charge in [-0.05, 0) is 19.9 Å². The third kappa shape index (κ3) is 2.85. The maximum absolute atomic E-state index is 11.8. The first-order valence-electron chi connectivity index (χ1n) is 5.60. The van der Waals surface area contributed by atoms with Crippen LogP contribution in [0.1, 0.15) is 20.3 Å². The first-order chi connectivity index (χ1) is 7.96. The average molecular weight is 231 g/mol. The first kappa shape index (κ1) is 11.7. The molecule has 0 bridgehead atoms. The van der Waals surface area contributed by atoms with Crippen molar-refractivity contribution in [3.63, 3.8) is 0 Å². The largest absolute Gasteiger partial charge is 0.359 e. The highest BCUT2D eigenvalue weighted by Crippen LogP contribution is 2.22. The van der Waals surface area contributed by atoms with E-state index >= 15 is 0 Å². The van der Waals surface area contributed by atoms with E-state index in [1.54, 1.807) is 6.20 Å². The number of rotatable bonds is 3. The molecule has 1 aromatic heterocycles. The van der Waals surface area contributed by atoms with Crippen LogP contribution in [0.3, 0.4) is 0 Å². The molecule has 2 rings (SSSR count). The lowest BCUT2D eigenvalue weighted by atomic mass is 10.0. The lowest BCUT2D eigenvalue weighted by molar-refractivity contribution is -0.117. The van der Waals surface area contributed by atoms with E-state index in [2.05, 4.69) is 10.3 Å². The van der Waals surface area contributed by atoms with Crippen LogP contribution in [0.15, 0.2) is 30.5 Å². The Labute approximate surface area is 100 Å². The van der Waals surface area contributed by atoms with Crippen LogP contribution in [0.5, 0.6) is 0 Å². The summed E-state index contributed by atoms with van der Waals surface area (Å²) >= 11 is 0. The van der Waals surface area contributed by atoms with E-state index in [1.165, 1.54) is 0 Å². The molecule has 1 heterocycles. The molecule has 0 radical (unpaired) electrons. The van der Waals surface area contributed by atoms with Crippen LogP contribution >= 0.6 is 0 Å². The number of nitrogens with one attached hydrogen (secondary N) is 2. The molecule has 0 saturated carbocycles. The molecule has 90 valence electrons. The first-order valence-corrected chi connectivity index (χ1v) is 5.60. The van der Waals surface area contributed by atoms with Crippen molar-refractivity contribution >= 4 is 22.5 Å². The summed E-state index contributed by atoms with van der Waals surface area (Å²) in [6.07, 6.45) is 2.10. The minimum Gasteiger partial charge on any atom is -0.359 e. The van der Waals surface area contributed by atoms with Crippen molar-refractivity contribution in [2.24, 2.45) is 5.73 Å². The van der Waals surface area contributed by atoms with Gasteiger partial charge in [-0.1, -0.05) is 18.2 Å². The van der Waals surface area contributed by atoms with Gasteiger partial charge in [0.15, 0.2) is 0 Å². The van der Waals surface area contributed by atoms with E-state index in [9.17, 15) is 4.79 Å². The van der Waals surface area contributed by atoms with Gasteiger partial charge in [0.25, 0.3) is 0 Å². The van der Waals surface area contributed by atoms with Crippen LogP contribution in [0.25, 0.3) is 10.9 Å². The molecule has 0 saturated heterocycles. The van der Waals surface area contributed by atoms with Crippen LogP contribution in [0.2, 0.25) is 0 Å². The third-order valence-corrected chi connectivity index (χ3v) is 2.48. The molecule has 1 amide bonds. The molecule has 4 N–H and O–H groups in total. The van der Waals surface area contributed by atoms with Crippen molar-refractivity contribution in [3.8, 4) is 0 Å². The number of carbonyl (C=O) groups is 1. The Hall–Kier alpha value is -1.81. The number of carbonyl (C=O) groups excluding carboxylic acids is 1. The normalized spacial score (nSPS) is 11.7. The van der Waals surface area contributed by atoms with E-state index in [4.69, 9.17) is 5.73 Å². The van der Waals surface area contributed by atoms with E-state index in [0.29, 0.717) is 6.42 Å². The Morgan fingerprint density at radius 3 is 2.82 bits per heavy atom. The second kappa shape index (κ2) is 4.22. The Bertz CT molecular complexity index is 537. The molecule has 17 heavy (non-hydrogen) atoms.